The normalized spacial score (nSPS) is 18.5. The van der Waals surface area contributed by atoms with E-state index in [9.17, 15) is 0 Å². The van der Waals surface area contributed by atoms with Gasteiger partial charge in [-0.05, 0) is 134 Å². The second-order valence-corrected chi connectivity index (χ2v) is 18.7. The first-order chi connectivity index (χ1) is 23.6. The van der Waals surface area contributed by atoms with Crippen LogP contribution in [0.1, 0.15) is 103 Å². The summed E-state index contributed by atoms with van der Waals surface area (Å²) in [6.07, 6.45) is 4.69. The number of nitrogens with zero attached hydrogens (tertiary/aromatic N) is 2. The summed E-state index contributed by atoms with van der Waals surface area (Å²) in [6.45, 7) is 19.2. The molecule has 1 heterocycles. The third-order valence-corrected chi connectivity index (χ3v) is 13.5. The largest absolute Gasteiger partial charge is 0.309 e. The van der Waals surface area contributed by atoms with Crippen molar-refractivity contribution < 1.29 is 0 Å². The van der Waals surface area contributed by atoms with E-state index in [1.807, 2.05) is 0 Å². The summed E-state index contributed by atoms with van der Waals surface area (Å²) < 4.78 is 3.25. The Morgan fingerprint density at radius 3 is 1.42 bits per heavy atom. The molecule has 0 unspecified atom stereocenters. The van der Waals surface area contributed by atoms with Crippen LogP contribution in [-0.4, -0.2) is 4.57 Å². The second-order valence-electron chi connectivity index (χ2n) is 17.5. The third kappa shape index (κ3) is 5.25. The van der Waals surface area contributed by atoms with E-state index in [2.05, 4.69) is 178 Å². The summed E-state index contributed by atoms with van der Waals surface area (Å²) in [5.74, 6) is 0. The van der Waals surface area contributed by atoms with Crippen LogP contribution in [0.2, 0.25) is 5.02 Å². The van der Waals surface area contributed by atoms with Crippen molar-refractivity contribution in [3.63, 3.8) is 0 Å². The topological polar surface area (TPSA) is 8.17 Å². The quantitative estimate of drug-likeness (QED) is 0.175. The molecule has 0 bridgehead atoms. The molecule has 0 fully saturated rings. The number of rotatable bonds is 4. The Labute approximate surface area is 311 Å². The lowest BCUT2D eigenvalue weighted by Crippen LogP contribution is -2.34. The van der Waals surface area contributed by atoms with Crippen LogP contribution in [0.5, 0.6) is 0 Å². The van der Waals surface area contributed by atoms with Crippen molar-refractivity contribution in [3.8, 4) is 5.69 Å². The zero-order valence-corrected chi connectivity index (χ0v) is 33.1. The third-order valence-electron chi connectivity index (χ3n) is 12.3. The molecule has 4 heteroatoms. The number of anilines is 3. The molecule has 0 amide bonds. The molecule has 0 radical (unpaired) electrons. The van der Waals surface area contributed by atoms with Gasteiger partial charge in [0.15, 0.2) is 0 Å². The number of hydrogen-bond acceptors (Lipinski definition) is 1. The van der Waals surface area contributed by atoms with Crippen LogP contribution in [0, 0.1) is 0 Å². The predicted octanol–water partition coefficient (Wildman–Crippen LogP) is 14.4. The molecular formula is C46H48BrClN2. The van der Waals surface area contributed by atoms with Crippen LogP contribution >= 0.6 is 27.5 Å². The first kappa shape index (κ1) is 33.6. The minimum Gasteiger partial charge on any atom is -0.309 e. The monoisotopic (exact) mass is 742 g/mol. The van der Waals surface area contributed by atoms with Gasteiger partial charge in [-0.2, -0.15) is 0 Å². The van der Waals surface area contributed by atoms with E-state index in [1.165, 1.54) is 56.9 Å². The molecule has 0 spiro atoms. The average molecular weight is 744 g/mol. The van der Waals surface area contributed by atoms with Gasteiger partial charge in [0.2, 0.25) is 0 Å². The zero-order chi connectivity index (χ0) is 35.4. The summed E-state index contributed by atoms with van der Waals surface area (Å²) in [5, 5.41) is 3.18. The highest BCUT2D eigenvalue weighted by Crippen LogP contribution is 2.52. The van der Waals surface area contributed by atoms with Crippen LogP contribution in [0.25, 0.3) is 27.5 Å². The minimum absolute atomic E-state index is 0.0730. The van der Waals surface area contributed by atoms with Gasteiger partial charge in [-0.3, -0.25) is 0 Å². The van der Waals surface area contributed by atoms with Crippen molar-refractivity contribution in [3.05, 3.63) is 129 Å². The number of halogens is 2. The average Bonchev–Trinajstić information content (AvgIpc) is 3.42. The summed E-state index contributed by atoms with van der Waals surface area (Å²) in [4.78, 5) is 2.42. The van der Waals surface area contributed by atoms with Crippen LogP contribution in [0.15, 0.2) is 102 Å². The van der Waals surface area contributed by atoms with Crippen molar-refractivity contribution in [2.24, 2.45) is 0 Å². The molecule has 1 aromatic heterocycles. The van der Waals surface area contributed by atoms with Gasteiger partial charge in [-0.25, -0.2) is 0 Å². The van der Waals surface area contributed by atoms with Crippen LogP contribution < -0.4 is 4.90 Å². The Kier molecular flexibility index (Phi) is 7.72. The van der Waals surface area contributed by atoms with Crippen molar-refractivity contribution in [1.82, 2.24) is 4.57 Å². The maximum Gasteiger partial charge on any atom is 0.0790 e. The second kappa shape index (κ2) is 11.5. The van der Waals surface area contributed by atoms with Gasteiger partial charge in [0.25, 0.3) is 0 Å². The highest BCUT2D eigenvalue weighted by molar-refractivity contribution is 9.10. The van der Waals surface area contributed by atoms with E-state index in [1.54, 1.807) is 0 Å². The van der Waals surface area contributed by atoms with E-state index in [0.29, 0.717) is 5.02 Å². The van der Waals surface area contributed by atoms with E-state index in [4.69, 9.17) is 11.6 Å². The fourth-order valence-corrected chi connectivity index (χ4v) is 9.54. The predicted molar refractivity (Wildman–Crippen MR) is 219 cm³/mol. The van der Waals surface area contributed by atoms with Gasteiger partial charge < -0.3 is 9.47 Å². The smallest absolute Gasteiger partial charge is 0.0790 e. The molecule has 2 aliphatic rings. The zero-order valence-electron chi connectivity index (χ0n) is 30.7. The highest BCUT2D eigenvalue weighted by Gasteiger charge is 2.39. The molecule has 0 saturated carbocycles. The molecule has 0 saturated heterocycles. The SMILES string of the molecule is CC1(C)CCC(C)(C)c2cc(N(c3ccc4c(c3)C(C)(C)CCC4(C)C)c3cc(-n4c5ccccc5c5ccccc54)cc(Br)c3Cl)ccc21. The number of para-hydroxylation sites is 2. The molecule has 6 aromatic rings. The van der Waals surface area contributed by atoms with E-state index >= 15 is 0 Å². The van der Waals surface area contributed by atoms with Gasteiger partial charge >= 0.3 is 0 Å². The molecule has 5 aromatic carbocycles. The molecule has 256 valence electrons. The molecule has 0 atom stereocenters. The number of fused-ring (bicyclic) bond motifs is 5. The first-order valence-corrected chi connectivity index (χ1v) is 19.3. The minimum atomic E-state index is 0.0730. The summed E-state index contributed by atoms with van der Waals surface area (Å²) in [6, 6.07) is 36.2. The fourth-order valence-electron chi connectivity index (χ4n) is 8.91. The summed E-state index contributed by atoms with van der Waals surface area (Å²) in [7, 11) is 0. The van der Waals surface area contributed by atoms with Crippen molar-refractivity contribution in [2.75, 3.05) is 4.90 Å². The maximum atomic E-state index is 7.45. The maximum absolute atomic E-state index is 7.45. The lowest BCUT2D eigenvalue weighted by Gasteiger charge is -2.43. The number of benzene rings is 5. The fraction of sp³-hybridized carbons (Fsp3) is 0.348. The van der Waals surface area contributed by atoms with E-state index < -0.39 is 0 Å². The van der Waals surface area contributed by atoms with Crippen molar-refractivity contribution in [2.45, 2.75) is 103 Å². The van der Waals surface area contributed by atoms with Crippen LogP contribution in [0.4, 0.5) is 17.1 Å². The molecular weight excluding hydrogens is 696 g/mol. The Hall–Kier alpha value is -3.53. The molecule has 50 heavy (non-hydrogen) atoms. The van der Waals surface area contributed by atoms with Gasteiger partial charge in [-0.1, -0.05) is 116 Å². The number of hydrogen-bond donors (Lipinski definition) is 0. The van der Waals surface area contributed by atoms with Crippen LogP contribution in [0.3, 0.4) is 0 Å². The van der Waals surface area contributed by atoms with Crippen molar-refractivity contribution >= 4 is 66.4 Å². The Morgan fingerprint density at radius 1 is 0.540 bits per heavy atom. The standard InChI is InChI=1S/C46H48BrClN2/c1-43(2)21-23-45(5,6)36-25-29(17-19-34(36)43)49(30-18-20-35-37(26-30)46(7,8)24-22-44(35,3)4)41-28-31(27-38(47)42(41)48)50-39-15-11-9-13-32(39)33-14-10-12-16-40(33)50/h9-20,25-28H,21-24H2,1-8H3. The van der Waals surface area contributed by atoms with Crippen LogP contribution in [-0.2, 0) is 21.7 Å². The first-order valence-electron chi connectivity index (χ1n) is 18.2. The Balaban J connectivity index is 1.42. The van der Waals surface area contributed by atoms with Gasteiger partial charge in [0, 0.05) is 32.3 Å². The van der Waals surface area contributed by atoms with E-state index in [-0.39, 0.29) is 21.7 Å². The molecule has 0 aliphatic heterocycles. The lowest BCUT2D eigenvalue weighted by molar-refractivity contribution is 0.332. The summed E-state index contributed by atoms with van der Waals surface area (Å²) >= 11 is 11.4. The Morgan fingerprint density at radius 2 is 0.960 bits per heavy atom. The van der Waals surface area contributed by atoms with Gasteiger partial charge in [0.05, 0.1) is 21.7 Å². The summed E-state index contributed by atoms with van der Waals surface area (Å²) in [5.41, 5.74) is 12.8. The molecule has 0 N–H and O–H groups in total. The molecule has 2 nitrogen and oxygen atoms in total. The lowest BCUT2D eigenvalue weighted by atomic mass is 9.63. The Bertz CT molecular complexity index is 2190. The van der Waals surface area contributed by atoms with Gasteiger partial charge in [0.1, 0.15) is 0 Å². The van der Waals surface area contributed by atoms with Gasteiger partial charge in [-0.15, -0.1) is 0 Å². The number of aromatic nitrogens is 1. The highest BCUT2D eigenvalue weighted by atomic mass is 79.9. The van der Waals surface area contributed by atoms with E-state index in [0.717, 1.165) is 40.1 Å². The molecule has 8 rings (SSSR count). The van der Waals surface area contributed by atoms with Crippen molar-refractivity contribution in [1.29, 1.82) is 0 Å². The molecule has 2 aliphatic carbocycles.